The highest BCUT2D eigenvalue weighted by Gasteiger charge is 2.30. The Morgan fingerprint density at radius 3 is 0.694 bits per heavy atom. The van der Waals surface area contributed by atoms with Gasteiger partial charge in [0, 0.05) is 25.7 Å². The van der Waals surface area contributed by atoms with Crippen LogP contribution in [-0.4, -0.2) is 96.7 Å². The second-order valence-electron chi connectivity index (χ2n) is 29.4. The van der Waals surface area contributed by atoms with Gasteiger partial charge in [-0.05, 0) is 37.5 Å². The molecule has 0 aliphatic heterocycles. The standard InChI is InChI=1S/C79H154O17P2/c1-7-9-11-13-14-15-16-17-18-19-20-21-22-23-24-29-35-40-45-51-57-64-79(84)96-75(68-90-77(82)62-56-50-44-39-34-28-26-25-27-32-37-42-48-53-59-71(3)4)70-94-98(87,88)92-66-73(80)65-91-97(85,86)93-69-74(67-89-76(81)61-55-47-12-10-8-2)95-78(83)63-58-52-46-41-36-31-30-33-38-43-49-54-60-72(5)6/h71-75,80H,7-70H2,1-6H3,(H,85,86)(H,87,88)/t73-,74+,75+/m0/s1. The lowest BCUT2D eigenvalue weighted by Crippen LogP contribution is -2.30. The lowest BCUT2D eigenvalue weighted by Gasteiger charge is -2.21. The molecule has 19 heteroatoms. The third-order valence-corrected chi connectivity index (χ3v) is 20.4. The van der Waals surface area contributed by atoms with E-state index in [1.807, 2.05) is 0 Å². The molecule has 0 aromatic carbocycles. The van der Waals surface area contributed by atoms with Crippen molar-refractivity contribution in [2.24, 2.45) is 11.8 Å². The molecule has 0 aliphatic carbocycles. The van der Waals surface area contributed by atoms with E-state index in [1.54, 1.807) is 0 Å². The van der Waals surface area contributed by atoms with Crippen LogP contribution in [0.2, 0.25) is 0 Å². The van der Waals surface area contributed by atoms with Crippen molar-refractivity contribution in [3.05, 3.63) is 0 Å². The summed E-state index contributed by atoms with van der Waals surface area (Å²) >= 11 is 0. The van der Waals surface area contributed by atoms with Crippen LogP contribution in [0.1, 0.15) is 414 Å². The van der Waals surface area contributed by atoms with Crippen LogP contribution in [0.3, 0.4) is 0 Å². The van der Waals surface area contributed by atoms with Crippen molar-refractivity contribution in [2.45, 2.75) is 432 Å². The van der Waals surface area contributed by atoms with E-state index in [-0.39, 0.29) is 25.7 Å². The molecule has 0 rings (SSSR count). The SMILES string of the molecule is CCCCCCCCCCCCCCCCCCCCCCCC(=O)O[C@H](COC(=O)CCCCCCCCCCCCCCCCC(C)C)COP(=O)(O)OC[C@@H](O)COP(=O)(O)OC[C@@H](COC(=O)CCCCCCC)OC(=O)CCCCCCCCCCCCCCC(C)C. The fourth-order valence-corrected chi connectivity index (χ4v) is 13.8. The van der Waals surface area contributed by atoms with Gasteiger partial charge < -0.3 is 33.8 Å². The number of hydrogen-bond acceptors (Lipinski definition) is 15. The van der Waals surface area contributed by atoms with Gasteiger partial charge >= 0.3 is 39.5 Å². The van der Waals surface area contributed by atoms with E-state index in [0.717, 1.165) is 108 Å². The summed E-state index contributed by atoms with van der Waals surface area (Å²) in [5.41, 5.74) is 0. The van der Waals surface area contributed by atoms with Gasteiger partial charge in [0.1, 0.15) is 19.3 Å². The fraction of sp³-hybridized carbons (Fsp3) is 0.949. The zero-order chi connectivity index (χ0) is 72.1. The van der Waals surface area contributed by atoms with E-state index >= 15 is 0 Å². The van der Waals surface area contributed by atoms with Crippen molar-refractivity contribution < 1.29 is 80.2 Å². The number of rotatable bonds is 78. The molecule has 17 nitrogen and oxygen atoms in total. The second kappa shape index (κ2) is 70.7. The third-order valence-electron chi connectivity index (χ3n) is 18.5. The highest BCUT2D eigenvalue weighted by atomic mass is 31.2. The largest absolute Gasteiger partial charge is 0.472 e. The van der Waals surface area contributed by atoms with Crippen molar-refractivity contribution in [3.8, 4) is 0 Å². The lowest BCUT2D eigenvalue weighted by molar-refractivity contribution is -0.161. The monoisotopic (exact) mass is 1440 g/mol. The molecular weight excluding hydrogens is 1280 g/mol. The topological polar surface area (TPSA) is 237 Å². The van der Waals surface area contributed by atoms with Gasteiger partial charge in [-0.25, -0.2) is 9.13 Å². The molecule has 0 aromatic rings. The van der Waals surface area contributed by atoms with Crippen LogP contribution in [0.15, 0.2) is 0 Å². The molecule has 2 unspecified atom stereocenters. The Hall–Kier alpha value is -1.94. The van der Waals surface area contributed by atoms with Gasteiger partial charge in [0.15, 0.2) is 12.2 Å². The second-order valence-corrected chi connectivity index (χ2v) is 32.3. The Kier molecular flexibility index (Phi) is 69.3. The third kappa shape index (κ3) is 72.4. The van der Waals surface area contributed by atoms with Gasteiger partial charge in [0.05, 0.1) is 26.4 Å². The van der Waals surface area contributed by atoms with Gasteiger partial charge in [0.2, 0.25) is 0 Å². The van der Waals surface area contributed by atoms with E-state index in [2.05, 4.69) is 41.5 Å². The summed E-state index contributed by atoms with van der Waals surface area (Å²) in [5.74, 6) is -0.547. The average Bonchev–Trinajstić information content (AvgIpc) is 1.13. The van der Waals surface area contributed by atoms with Crippen LogP contribution in [0.5, 0.6) is 0 Å². The van der Waals surface area contributed by atoms with Crippen molar-refractivity contribution in [3.63, 3.8) is 0 Å². The number of phosphoric acid groups is 2. The van der Waals surface area contributed by atoms with Crippen molar-refractivity contribution in [1.29, 1.82) is 0 Å². The van der Waals surface area contributed by atoms with Crippen LogP contribution in [0.4, 0.5) is 0 Å². The van der Waals surface area contributed by atoms with Crippen LogP contribution < -0.4 is 0 Å². The number of carbonyl (C=O) groups is 4. The normalized spacial score (nSPS) is 13.9. The average molecular weight is 1440 g/mol. The predicted octanol–water partition coefficient (Wildman–Crippen LogP) is 23.5. The van der Waals surface area contributed by atoms with Crippen LogP contribution >= 0.6 is 15.6 Å². The molecule has 0 saturated carbocycles. The molecule has 3 N–H and O–H groups in total. The summed E-state index contributed by atoms with van der Waals surface area (Å²) in [7, 11) is -9.91. The molecule has 5 atom stereocenters. The van der Waals surface area contributed by atoms with Crippen LogP contribution in [0.25, 0.3) is 0 Å². The van der Waals surface area contributed by atoms with Gasteiger partial charge in [-0.3, -0.25) is 37.3 Å². The zero-order valence-corrected chi connectivity index (χ0v) is 65.9. The number of aliphatic hydroxyl groups excluding tert-OH is 1. The lowest BCUT2D eigenvalue weighted by atomic mass is 10.0. The first-order chi connectivity index (χ1) is 47.4. The van der Waals surface area contributed by atoms with Gasteiger partial charge in [-0.15, -0.1) is 0 Å². The Labute approximate surface area is 600 Å². The number of carbonyl (C=O) groups excluding carboxylic acids is 4. The Morgan fingerprint density at radius 2 is 0.469 bits per heavy atom. The molecule has 0 radical (unpaired) electrons. The van der Waals surface area contributed by atoms with Crippen molar-refractivity contribution >= 4 is 39.5 Å². The summed E-state index contributed by atoms with van der Waals surface area (Å²) in [6.07, 6.45) is 60.2. The van der Waals surface area contributed by atoms with E-state index in [4.69, 9.17) is 37.0 Å². The number of ether oxygens (including phenoxy) is 4. The van der Waals surface area contributed by atoms with Gasteiger partial charge in [-0.2, -0.15) is 0 Å². The van der Waals surface area contributed by atoms with E-state index < -0.39 is 97.5 Å². The minimum atomic E-state index is -4.96. The Balaban J connectivity index is 5.12. The summed E-state index contributed by atoms with van der Waals surface area (Å²) in [4.78, 5) is 72.6. The molecule has 0 heterocycles. The summed E-state index contributed by atoms with van der Waals surface area (Å²) in [6.45, 7) is 9.56. The Morgan fingerprint density at radius 1 is 0.276 bits per heavy atom. The molecule has 0 aliphatic rings. The molecule has 98 heavy (non-hydrogen) atoms. The maximum absolute atomic E-state index is 13.1. The molecule has 0 fully saturated rings. The molecule has 0 aromatic heterocycles. The predicted molar refractivity (Wildman–Crippen MR) is 400 cm³/mol. The first-order valence-electron chi connectivity index (χ1n) is 41.0. The first kappa shape index (κ1) is 96.1. The first-order valence-corrected chi connectivity index (χ1v) is 44.0. The number of aliphatic hydroxyl groups is 1. The van der Waals surface area contributed by atoms with Crippen molar-refractivity contribution in [1.82, 2.24) is 0 Å². The van der Waals surface area contributed by atoms with E-state index in [1.165, 1.54) is 225 Å². The van der Waals surface area contributed by atoms with Gasteiger partial charge in [0.25, 0.3) is 0 Å². The molecule has 0 bridgehead atoms. The maximum Gasteiger partial charge on any atom is 0.472 e. The van der Waals surface area contributed by atoms with Crippen molar-refractivity contribution in [2.75, 3.05) is 39.6 Å². The zero-order valence-electron chi connectivity index (χ0n) is 64.1. The highest BCUT2D eigenvalue weighted by molar-refractivity contribution is 7.47. The molecule has 582 valence electrons. The highest BCUT2D eigenvalue weighted by Crippen LogP contribution is 2.45. The molecular formula is C79H154O17P2. The number of phosphoric ester groups is 2. The van der Waals surface area contributed by atoms with Crippen LogP contribution in [0, 0.1) is 11.8 Å². The molecule has 0 saturated heterocycles. The number of hydrogen-bond donors (Lipinski definition) is 3. The summed E-state index contributed by atoms with van der Waals surface area (Å²) in [6, 6.07) is 0. The molecule has 0 spiro atoms. The maximum atomic E-state index is 13.1. The minimum Gasteiger partial charge on any atom is -0.462 e. The fourth-order valence-electron chi connectivity index (χ4n) is 12.2. The number of esters is 4. The van der Waals surface area contributed by atoms with E-state index in [0.29, 0.717) is 25.7 Å². The number of unbranched alkanes of at least 4 members (excludes halogenated alkanes) is 48. The summed E-state index contributed by atoms with van der Waals surface area (Å²) in [5, 5.41) is 10.6. The van der Waals surface area contributed by atoms with Gasteiger partial charge in [-0.1, -0.05) is 363 Å². The summed E-state index contributed by atoms with van der Waals surface area (Å²) < 4.78 is 68.4. The van der Waals surface area contributed by atoms with E-state index in [9.17, 15) is 43.2 Å². The molecule has 0 amide bonds. The minimum absolute atomic E-state index is 0.106. The Bertz CT molecular complexity index is 1890. The smallest absolute Gasteiger partial charge is 0.462 e. The quantitative estimate of drug-likeness (QED) is 0.0222. The van der Waals surface area contributed by atoms with Crippen LogP contribution in [-0.2, 0) is 65.4 Å².